The third kappa shape index (κ3) is 6.75. The van der Waals surface area contributed by atoms with Crippen LogP contribution in [-0.4, -0.2) is 19.4 Å². The molecule has 1 heterocycles. The standard InChI is InChI=1S/C37H31ClN4O2S/c1-25-9-17-31(18-10-25)39-37(41-45(43,44)33-21-13-27(3)14-22-33)42(32-19-11-26(2)12-20-32)36-34-24-30(38)16-15-29(34)23-35(40-36)28-7-5-4-6-8-28/h4-24H,1-3H3,(H,39,41). The molecule has 0 fully saturated rings. The second-order valence-electron chi connectivity index (χ2n) is 10.9. The molecule has 0 saturated carbocycles. The number of benzene rings is 5. The summed E-state index contributed by atoms with van der Waals surface area (Å²) in [5, 5.41) is 5.46. The van der Waals surface area contributed by atoms with Crippen molar-refractivity contribution < 1.29 is 8.42 Å². The van der Waals surface area contributed by atoms with E-state index in [2.05, 4.69) is 9.71 Å². The average Bonchev–Trinajstić information content (AvgIpc) is 3.03. The molecule has 45 heavy (non-hydrogen) atoms. The number of aryl methyl sites for hydroxylation is 3. The molecule has 0 saturated heterocycles. The lowest BCUT2D eigenvalue weighted by Gasteiger charge is -2.28. The number of guanidine groups is 1. The van der Waals surface area contributed by atoms with Crippen LogP contribution in [0.25, 0.3) is 22.0 Å². The van der Waals surface area contributed by atoms with Gasteiger partial charge in [0.25, 0.3) is 10.0 Å². The van der Waals surface area contributed by atoms with E-state index in [1.54, 1.807) is 29.2 Å². The summed E-state index contributed by atoms with van der Waals surface area (Å²) in [5.74, 6) is 0.525. The van der Waals surface area contributed by atoms with E-state index in [9.17, 15) is 8.42 Å². The van der Waals surface area contributed by atoms with Crippen LogP contribution in [0.15, 0.2) is 137 Å². The van der Waals surface area contributed by atoms with Gasteiger partial charge >= 0.3 is 0 Å². The molecule has 0 aliphatic heterocycles. The van der Waals surface area contributed by atoms with Crippen molar-refractivity contribution in [3.8, 4) is 11.3 Å². The van der Waals surface area contributed by atoms with Gasteiger partial charge in [-0.1, -0.05) is 101 Å². The summed E-state index contributed by atoms with van der Waals surface area (Å²) < 4.78 is 32.3. The third-order valence-electron chi connectivity index (χ3n) is 7.39. The van der Waals surface area contributed by atoms with Crippen LogP contribution >= 0.6 is 11.6 Å². The van der Waals surface area contributed by atoms with E-state index in [4.69, 9.17) is 16.6 Å². The zero-order valence-corrected chi connectivity index (χ0v) is 26.6. The van der Waals surface area contributed by atoms with Crippen molar-refractivity contribution >= 4 is 55.5 Å². The predicted molar refractivity (Wildman–Crippen MR) is 186 cm³/mol. The molecular weight excluding hydrogens is 600 g/mol. The highest BCUT2D eigenvalue weighted by Crippen LogP contribution is 2.36. The Balaban J connectivity index is 1.66. The van der Waals surface area contributed by atoms with Crippen molar-refractivity contribution in [2.45, 2.75) is 25.7 Å². The van der Waals surface area contributed by atoms with Gasteiger partial charge in [-0.2, -0.15) is 8.42 Å². The second kappa shape index (κ2) is 12.6. The number of pyridine rings is 1. The molecule has 224 valence electrons. The highest BCUT2D eigenvalue weighted by atomic mass is 35.5. The van der Waals surface area contributed by atoms with Crippen LogP contribution < -0.4 is 10.2 Å². The molecule has 0 radical (unpaired) electrons. The lowest BCUT2D eigenvalue weighted by molar-refractivity contribution is 0.598. The van der Waals surface area contributed by atoms with E-state index < -0.39 is 10.0 Å². The molecular formula is C37H31ClN4O2S. The van der Waals surface area contributed by atoms with E-state index in [0.29, 0.717) is 27.9 Å². The van der Waals surface area contributed by atoms with Gasteiger partial charge in [-0.3, -0.25) is 4.90 Å². The SMILES string of the molecule is Cc1ccc(N/C(=N\S(=O)(=O)c2ccc(C)cc2)N(c2ccc(C)cc2)c2nc(-c3ccccc3)cc3ccc(Cl)cc23)cc1. The zero-order chi connectivity index (χ0) is 31.6. The third-order valence-corrected chi connectivity index (χ3v) is 8.91. The number of aromatic nitrogens is 1. The number of halogens is 1. The summed E-state index contributed by atoms with van der Waals surface area (Å²) >= 11 is 6.55. The highest BCUT2D eigenvalue weighted by molar-refractivity contribution is 7.90. The Morgan fingerprint density at radius 3 is 1.98 bits per heavy atom. The van der Waals surface area contributed by atoms with E-state index in [1.807, 2.05) is 124 Å². The van der Waals surface area contributed by atoms with Crippen LogP contribution in [0.4, 0.5) is 17.2 Å². The average molecular weight is 631 g/mol. The van der Waals surface area contributed by atoms with E-state index in [0.717, 1.165) is 33.0 Å². The molecule has 5 aromatic carbocycles. The molecule has 0 aliphatic carbocycles. The van der Waals surface area contributed by atoms with Crippen LogP contribution in [0, 0.1) is 20.8 Å². The quantitative estimate of drug-likeness (QED) is 0.147. The summed E-state index contributed by atoms with van der Waals surface area (Å²) in [4.78, 5) is 6.98. The van der Waals surface area contributed by atoms with E-state index in [1.165, 1.54) is 0 Å². The molecule has 1 N–H and O–H groups in total. The molecule has 0 spiro atoms. The minimum atomic E-state index is -4.17. The van der Waals surface area contributed by atoms with Gasteiger partial charge in [-0.15, -0.1) is 4.40 Å². The maximum absolute atomic E-state index is 13.9. The largest absolute Gasteiger partial charge is 0.325 e. The fourth-order valence-electron chi connectivity index (χ4n) is 4.93. The van der Waals surface area contributed by atoms with Crippen molar-refractivity contribution in [2.75, 3.05) is 10.2 Å². The monoisotopic (exact) mass is 630 g/mol. The fraction of sp³-hybridized carbons (Fsp3) is 0.0811. The number of sulfonamides is 1. The second-order valence-corrected chi connectivity index (χ2v) is 13.0. The Morgan fingerprint density at radius 1 is 0.733 bits per heavy atom. The van der Waals surface area contributed by atoms with Crippen LogP contribution in [0.5, 0.6) is 0 Å². The van der Waals surface area contributed by atoms with Crippen molar-refractivity contribution in [1.29, 1.82) is 0 Å². The first-order chi connectivity index (χ1) is 21.7. The first-order valence-corrected chi connectivity index (χ1v) is 16.3. The van der Waals surface area contributed by atoms with Crippen LogP contribution in [0.3, 0.4) is 0 Å². The lowest BCUT2D eigenvalue weighted by Crippen LogP contribution is -2.34. The van der Waals surface area contributed by atoms with Gasteiger partial charge in [-0.25, -0.2) is 4.98 Å². The molecule has 0 aliphatic rings. The lowest BCUT2D eigenvalue weighted by atomic mass is 10.1. The number of nitrogens with zero attached hydrogens (tertiary/aromatic N) is 3. The van der Waals surface area contributed by atoms with Gasteiger partial charge in [-0.05, 0) is 80.8 Å². The van der Waals surface area contributed by atoms with Gasteiger partial charge in [0, 0.05) is 21.7 Å². The predicted octanol–water partition coefficient (Wildman–Crippen LogP) is 9.48. The Bertz CT molecular complexity index is 2110. The Morgan fingerprint density at radius 2 is 1.33 bits per heavy atom. The first kappa shape index (κ1) is 30.1. The van der Waals surface area contributed by atoms with Crippen LogP contribution in [-0.2, 0) is 10.0 Å². The van der Waals surface area contributed by atoms with Gasteiger partial charge < -0.3 is 5.32 Å². The number of hydrogen-bond acceptors (Lipinski definition) is 3. The summed E-state index contributed by atoms with van der Waals surface area (Å²) in [6.07, 6.45) is 0. The number of nitrogens with one attached hydrogen (secondary N) is 1. The van der Waals surface area contributed by atoms with Gasteiger partial charge in [0.2, 0.25) is 5.96 Å². The van der Waals surface area contributed by atoms with E-state index in [-0.39, 0.29) is 10.9 Å². The maximum atomic E-state index is 13.9. The summed E-state index contributed by atoms with van der Waals surface area (Å²) in [5.41, 5.74) is 6.02. The van der Waals surface area contributed by atoms with Crippen molar-refractivity contribution in [2.24, 2.45) is 4.40 Å². The fourth-order valence-corrected chi connectivity index (χ4v) is 6.04. The number of anilines is 3. The van der Waals surface area contributed by atoms with Crippen LogP contribution in [0.2, 0.25) is 5.02 Å². The molecule has 1 aromatic heterocycles. The Kier molecular flexibility index (Phi) is 8.39. The van der Waals surface area contributed by atoms with Crippen molar-refractivity contribution in [1.82, 2.24) is 4.98 Å². The summed E-state index contributed by atoms with van der Waals surface area (Å²) in [7, 11) is -4.17. The van der Waals surface area contributed by atoms with Gasteiger partial charge in [0.1, 0.15) is 5.82 Å². The Hall–Kier alpha value is -4.98. The number of rotatable bonds is 6. The van der Waals surface area contributed by atoms with Crippen molar-refractivity contribution in [3.63, 3.8) is 0 Å². The minimum absolute atomic E-state index is 0.0577. The normalized spacial score (nSPS) is 11.9. The van der Waals surface area contributed by atoms with E-state index >= 15 is 0 Å². The smallest absolute Gasteiger partial charge is 0.285 e. The molecule has 0 bridgehead atoms. The molecule has 8 heteroatoms. The molecule has 0 atom stereocenters. The molecule has 0 amide bonds. The number of hydrogen-bond donors (Lipinski definition) is 1. The molecule has 6 aromatic rings. The first-order valence-electron chi connectivity index (χ1n) is 14.4. The van der Waals surface area contributed by atoms with Gasteiger partial charge in [0.15, 0.2) is 0 Å². The zero-order valence-electron chi connectivity index (χ0n) is 25.1. The molecule has 0 unspecified atom stereocenters. The van der Waals surface area contributed by atoms with Gasteiger partial charge in [0.05, 0.1) is 16.3 Å². The molecule has 6 nitrogen and oxygen atoms in total. The highest BCUT2D eigenvalue weighted by Gasteiger charge is 2.25. The minimum Gasteiger partial charge on any atom is -0.325 e. The molecule has 6 rings (SSSR count). The number of fused-ring (bicyclic) bond motifs is 1. The van der Waals surface area contributed by atoms with Crippen molar-refractivity contribution in [3.05, 3.63) is 149 Å². The maximum Gasteiger partial charge on any atom is 0.285 e. The topological polar surface area (TPSA) is 74.7 Å². The summed E-state index contributed by atoms with van der Waals surface area (Å²) in [6, 6.07) is 39.6. The van der Waals surface area contributed by atoms with Crippen LogP contribution in [0.1, 0.15) is 16.7 Å². The Labute approximate surface area is 268 Å². The summed E-state index contributed by atoms with van der Waals surface area (Å²) in [6.45, 7) is 5.90.